The van der Waals surface area contributed by atoms with Crippen molar-refractivity contribution >= 4 is 13.2 Å². The van der Waals surface area contributed by atoms with Crippen molar-refractivity contribution < 1.29 is 9.31 Å². The molecule has 3 rings (SSSR count). The summed E-state index contributed by atoms with van der Waals surface area (Å²) in [5, 5.41) is 0. The van der Waals surface area contributed by atoms with E-state index in [-0.39, 0.29) is 7.12 Å². The van der Waals surface area contributed by atoms with Crippen molar-refractivity contribution in [2.45, 2.75) is 6.42 Å². The third kappa shape index (κ3) is 2.34. The van der Waals surface area contributed by atoms with E-state index >= 15 is 0 Å². The summed E-state index contributed by atoms with van der Waals surface area (Å²) in [7, 11) is -0.218. The second kappa shape index (κ2) is 5.06. The molecule has 2 nitrogen and oxygen atoms in total. The molecule has 0 saturated carbocycles. The molecular weight excluding hydrogens is 211 g/mol. The summed E-state index contributed by atoms with van der Waals surface area (Å²) < 4.78 is 11.0. The van der Waals surface area contributed by atoms with E-state index in [1.54, 1.807) is 0 Å². The van der Waals surface area contributed by atoms with E-state index in [4.69, 9.17) is 9.31 Å². The van der Waals surface area contributed by atoms with Crippen LogP contribution in [0.3, 0.4) is 0 Å². The molecule has 1 saturated heterocycles. The molecule has 17 heavy (non-hydrogen) atoms. The van der Waals surface area contributed by atoms with Gasteiger partial charge in [-0.15, -0.1) is 13.2 Å². The van der Waals surface area contributed by atoms with Gasteiger partial charge in [-0.25, -0.2) is 0 Å². The van der Waals surface area contributed by atoms with Gasteiger partial charge in [-0.05, 0) is 23.0 Å². The fourth-order valence-corrected chi connectivity index (χ4v) is 2.03. The van der Waals surface area contributed by atoms with Crippen LogP contribution in [0, 0.1) is 0 Å². The van der Waals surface area contributed by atoms with E-state index in [9.17, 15) is 0 Å². The molecule has 0 amide bonds. The highest BCUT2D eigenvalue weighted by molar-refractivity contribution is 6.56. The lowest BCUT2D eigenvalue weighted by atomic mass is 9.77. The second-order valence-corrected chi connectivity index (χ2v) is 3.89. The Kier molecular flexibility index (Phi) is 3.50. The van der Waals surface area contributed by atoms with Gasteiger partial charge < -0.3 is 9.31 Å². The lowest BCUT2D eigenvalue weighted by Crippen LogP contribution is -2.17. The first-order chi connectivity index (χ1) is 8.33. The Morgan fingerprint density at radius 2 is 1.94 bits per heavy atom. The molecule has 1 aliphatic heterocycles. The van der Waals surface area contributed by atoms with Gasteiger partial charge in [0, 0.05) is 0 Å². The standard InChI is InChI=1S/C12H11BO2.C2H4/c1-9-8-14-13(15-9)12-6-10-4-2-3-5-11(10)7-12;1-2/h2-6H,1,7-8H2;1-2H2. The fourth-order valence-electron chi connectivity index (χ4n) is 2.03. The van der Waals surface area contributed by atoms with Crippen LogP contribution in [0.5, 0.6) is 0 Å². The Morgan fingerprint density at radius 3 is 2.59 bits per heavy atom. The van der Waals surface area contributed by atoms with Gasteiger partial charge in [0.25, 0.3) is 0 Å². The Hall–Kier alpha value is -1.74. The average molecular weight is 226 g/mol. The Bertz CT molecular complexity index is 465. The van der Waals surface area contributed by atoms with Gasteiger partial charge in [-0.3, -0.25) is 0 Å². The van der Waals surface area contributed by atoms with Crippen LogP contribution < -0.4 is 0 Å². The quantitative estimate of drug-likeness (QED) is 0.541. The minimum atomic E-state index is -0.218. The molecule has 0 spiro atoms. The number of hydrogen-bond acceptors (Lipinski definition) is 2. The smallest absolute Gasteiger partial charge is 0.534 e. The monoisotopic (exact) mass is 226 g/mol. The van der Waals surface area contributed by atoms with Crippen LogP contribution in [0.25, 0.3) is 6.08 Å². The zero-order chi connectivity index (χ0) is 12.3. The first-order valence-electron chi connectivity index (χ1n) is 5.57. The number of benzene rings is 1. The molecule has 1 aromatic rings. The fraction of sp³-hybridized carbons (Fsp3) is 0.143. The second-order valence-electron chi connectivity index (χ2n) is 3.89. The highest BCUT2D eigenvalue weighted by atomic mass is 16.6. The number of allylic oxidation sites excluding steroid dienone is 1. The molecule has 0 bridgehead atoms. The minimum Gasteiger partial charge on any atom is -0.534 e. The molecule has 86 valence electrons. The topological polar surface area (TPSA) is 18.5 Å². The lowest BCUT2D eigenvalue weighted by Gasteiger charge is -2.04. The predicted molar refractivity (Wildman–Crippen MR) is 71.3 cm³/mol. The van der Waals surface area contributed by atoms with Crippen LogP contribution >= 0.6 is 0 Å². The summed E-state index contributed by atoms with van der Waals surface area (Å²) >= 11 is 0. The van der Waals surface area contributed by atoms with Crippen molar-refractivity contribution in [3.63, 3.8) is 0 Å². The van der Waals surface area contributed by atoms with E-state index in [1.807, 2.05) is 6.07 Å². The van der Waals surface area contributed by atoms with Gasteiger partial charge in [-0.1, -0.05) is 36.9 Å². The van der Waals surface area contributed by atoms with Gasteiger partial charge in [0.15, 0.2) is 0 Å². The van der Waals surface area contributed by atoms with E-state index < -0.39 is 0 Å². The van der Waals surface area contributed by atoms with Gasteiger partial charge in [0.2, 0.25) is 0 Å². The van der Waals surface area contributed by atoms with Crippen molar-refractivity contribution in [3.8, 4) is 0 Å². The highest BCUT2D eigenvalue weighted by Crippen LogP contribution is 2.29. The molecule has 0 N–H and O–H groups in total. The van der Waals surface area contributed by atoms with Crippen molar-refractivity contribution in [2.75, 3.05) is 6.61 Å². The maximum Gasteiger partial charge on any atom is 0.559 e. The molecule has 1 fully saturated rings. The average Bonchev–Trinajstić information content (AvgIpc) is 2.97. The minimum absolute atomic E-state index is 0.218. The van der Waals surface area contributed by atoms with Gasteiger partial charge in [0.1, 0.15) is 0 Å². The summed E-state index contributed by atoms with van der Waals surface area (Å²) in [6, 6.07) is 8.37. The van der Waals surface area contributed by atoms with Crippen LogP contribution in [0.1, 0.15) is 11.1 Å². The van der Waals surface area contributed by atoms with Crippen LogP contribution in [0.4, 0.5) is 0 Å². The summed E-state index contributed by atoms with van der Waals surface area (Å²) in [5.74, 6) is 0.719. The van der Waals surface area contributed by atoms with Gasteiger partial charge in [-0.2, -0.15) is 0 Å². The third-order valence-electron chi connectivity index (χ3n) is 2.76. The highest BCUT2D eigenvalue weighted by Gasteiger charge is 2.34. The first kappa shape index (κ1) is 11.7. The molecule has 0 unspecified atom stereocenters. The number of hydrogen-bond donors (Lipinski definition) is 0. The summed E-state index contributed by atoms with van der Waals surface area (Å²) in [5.41, 5.74) is 3.81. The van der Waals surface area contributed by atoms with E-state index in [0.29, 0.717) is 6.61 Å². The van der Waals surface area contributed by atoms with Crippen LogP contribution in [-0.2, 0) is 15.7 Å². The molecular formula is C14H15BO2. The Balaban J connectivity index is 0.000000514. The summed E-state index contributed by atoms with van der Waals surface area (Å²) in [6.07, 6.45) is 3.08. The molecule has 2 aliphatic rings. The van der Waals surface area contributed by atoms with Crippen molar-refractivity contribution in [2.24, 2.45) is 0 Å². The predicted octanol–water partition coefficient (Wildman–Crippen LogP) is 3.02. The number of fused-ring (bicyclic) bond motifs is 1. The lowest BCUT2D eigenvalue weighted by molar-refractivity contribution is 0.381. The summed E-state index contributed by atoms with van der Waals surface area (Å²) in [4.78, 5) is 0. The third-order valence-corrected chi connectivity index (χ3v) is 2.76. The van der Waals surface area contributed by atoms with Crippen LogP contribution in [-0.4, -0.2) is 13.7 Å². The van der Waals surface area contributed by atoms with Crippen molar-refractivity contribution in [3.05, 3.63) is 66.4 Å². The molecule has 0 aromatic heterocycles. The normalized spacial score (nSPS) is 16.8. The Morgan fingerprint density at radius 1 is 1.18 bits per heavy atom. The largest absolute Gasteiger partial charge is 0.559 e. The van der Waals surface area contributed by atoms with Gasteiger partial charge >= 0.3 is 7.12 Å². The van der Waals surface area contributed by atoms with E-state index in [2.05, 4.69) is 44.0 Å². The molecule has 0 radical (unpaired) electrons. The van der Waals surface area contributed by atoms with Crippen LogP contribution in [0.2, 0.25) is 0 Å². The van der Waals surface area contributed by atoms with Crippen molar-refractivity contribution in [1.29, 1.82) is 0 Å². The van der Waals surface area contributed by atoms with Crippen LogP contribution in [0.15, 0.2) is 55.2 Å². The molecule has 1 aromatic carbocycles. The van der Waals surface area contributed by atoms with E-state index in [1.165, 1.54) is 16.6 Å². The molecule has 1 heterocycles. The molecule has 0 atom stereocenters. The Labute approximate surface area is 102 Å². The zero-order valence-corrected chi connectivity index (χ0v) is 9.82. The zero-order valence-electron chi connectivity index (χ0n) is 9.82. The molecule has 3 heteroatoms. The molecule has 1 aliphatic carbocycles. The van der Waals surface area contributed by atoms with Gasteiger partial charge in [0.05, 0.1) is 12.4 Å². The number of rotatable bonds is 1. The van der Waals surface area contributed by atoms with E-state index in [0.717, 1.165) is 12.2 Å². The maximum atomic E-state index is 5.49. The van der Waals surface area contributed by atoms with Crippen molar-refractivity contribution in [1.82, 2.24) is 0 Å². The maximum absolute atomic E-state index is 5.49. The SMILES string of the molecule is C=C.C=C1COB(C2=Cc3ccccc3C2)O1. The first-order valence-corrected chi connectivity index (χ1v) is 5.57. The summed E-state index contributed by atoms with van der Waals surface area (Å²) in [6.45, 7) is 10.3.